The van der Waals surface area contributed by atoms with E-state index in [1.54, 1.807) is 30.5 Å². The van der Waals surface area contributed by atoms with Gasteiger partial charge in [-0.2, -0.15) is 4.98 Å². The lowest BCUT2D eigenvalue weighted by molar-refractivity contribution is -0.140. The number of carbonyl (C=O) groups excluding carboxylic acids is 1. The van der Waals surface area contributed by atoms with E-state index in [0.29, 0.717) is 21.6 Å². The fourth-order valence-corrected chi connectivity index (χ4v) is 3.49. The molecule has 29 heavy (non-hydrogen) atoms. The minimum Gasteiger partial charge on any atom is -0.493 e. The zero-order valence-corrected chi connectivity index (χ0v) is 16.0. The van der Waals surface area contributed by atoms with Crippen molar-refractivity contribution < 1.29 is 14.6 Å². The van der Waals surface area contributed by atoms with Crippen molar-refractivity contribution in [3.8, 4) is 5.88 Å². The predicted molar refractivity (Wildman–Crippen MR) is 106 cm³/mol. The Bertz CT molecular complexity index is 1300. The number of ether oxygens (including phenoxy) is 1. The molecule has 9 heteroatoms. The maximum atomic E-state index is 13.2. The molecule has 0 aliphatic carbocycles. The van der Waals surface area contributed by atoms with E-state index >= 15 is 0 Å². The summed E-state index contributed by atoms with van der Waals surface area (Å²) in [6.07, 6.45) is 4.29. The number of methoxy groups -OCH3 is 1. The molecule has 146 valence electrons. The fraction of sp³-hybridized carbons (Fsp3) is 0.150. The Morgan fingerprint density at radius 1 is 1.24 bits per heavy atom. The van der Waals surface area contributed by atoms with Crippen molar-refractivity contribution in [3.05, 3.63) is 75.4 Å². The van der Waals surface area contributed by atoms with Gasteiger partial charge in [0.15, 0.2) is 0 Å². The third-order valence-electron chi connectivity index (χ3n) is 4.65. The number of hydrogen-bond acceptors (Lipinski definition) is 7. The summed E-state index contributed by atoms with van der Waals surface area (Å²) in [7, 11) is 1.26. The van der Waals surface area contributed by atoms with Gasteiger partial charge in [0.05, 0.1) is 35.2 Å². The molecule has 0 saturated heterocycles. The zero-order valence-electron chi connectivity index (χ0n) is 15.2. The SMILES string of the molecule is COC(=O)CC(c1c(O)nc2ccc(Cl)cn2c1=O)c1cccc2nccnc12. The fourth-order valence-electron chi connectivity index (χ4n) is 3.33. The normalized spacial score (nSPS) is 12.2. The molecule has 1 atom stereocenters. The summed E-state index contributed by atoms with van der Waals surface area (Å²) in [5, 5.41) is 10.9. The van der Waals surface area contributed by atoms with E-state index in [-0.39, 0.29) is 17.6 Å². The Balaban J connectivity index is 2.02. The average molecular weight is 411 g/mol. The number of benzene rings is 1. The van der Waals surface area contributed by atoms with Crippen LogP contribution < -0.4 is 5.56 Å². The van der Waals surface area contributed by atoms with E-state index in [2.05, 4.69) is 15.0 Å². The lowest BCUT2D eigenvalue weighted by atomic mass is 9.88. The van der Waals surface area contributed by atoms with Crippen LogP contribution in [0.3, 0.4) is 0 Å². The van der Waals surface area contributed by atoms with Crippen LogP contribution in [0.1, 0.15) is 23.5 Å². The lowest BCUT2D eigenvalue weighted by Crippen LogP contribution is -2.24. The first-order valence-electron chi connectivity index (χ1n) is 8.67. The third kappa shape index (κ3) is 3.38. The molecule has 8 nitrogen and oxygen atoms in total. The number of esters is 1. The number of fused-ring (bicyclic) bond motifs is 2. The molecule has 1 N–H and O–H groups in total. The van der Waals surface area contributed by atoms with Crippen LogP contribution in [0.15, 0.2) is 53.7 Å². The van der Waals surface area contributed by atoms with E-state index in [0.717, 1.165) is 0 Å². The minimum atomic E-state index is -0.848. The first kappa shape index (κ1) is 18.8. The number of halogens is 1. The van der Waals surface area contributed by atoms with Gasteiger partial charge < -0.3 is 9.84 Å². The summed E-state index contributed by atoms with van der Waals surface area (Å²) < 4.78 is 6.05. The Morgan fingerprint density at radius 3 is 2.83 bits per heavy atom. The highest BCUT2D eigenvalue weighted by atomic mass is 35.5. The molecule has 4 rings (SSSR count). The van der Waals surface area contributed by atoms with Gasteiger partial charge >= 0.3 is 5.97 Å². The molecule has 3 aromatic heterocycles. The van der Waals surface area contributed by atoms with Gasteiger partial charge in [-0.05, 0) is 23.8 Å². The van der Waals surface area contributed by atoms with Gasteiger partial charge in [0.25, 0.3) is 5.56 Å². The van der Waals surface area contributed by atoms with Crippen LogP contribution in [-0.2, 0) is 9.53 Å². The quantitative estimate of drug-likeness (QED) is 0.515. The van der Waals surface area contributed by atoms with Crippen LogP contribution in [0.4, 0.5) is 0 Å². The van der Waals surface area contributed by atoms with Crippen LogP contribution in [-0.4, -0.2) is 37.5 Å². The molecule has 1 aromatic carbocycles. The Hall–Kier alpha value is -3.52. The Morgan fingerprint density at radius 2 is 2.03 bits per heavy atom. The predicted octanol–water partition coefficient (Wildman–Crippen LogP) is 2.69. The van der Waals surface area contributed by atoms with Crippen molar-refractivity contribution in [2.75, 3.05) is 7.11 Å². The van der Waals surface area contributed by atoms with Crippen LogP contribution >= 0.6 is 11.6 Å². The van der Waals surface area contributed by atoms with Crippen LogP contribution in [0, 0.1) is 0 Å². The number of carbonyl (C=O) groups is 1. The van der Waals surface area contributed by atoms with E-state index in [4.69, 9.17) is 16.3 Å². The highest BCUT2D eigenvalue weighted by Gasteiger charge is 2.28. The molecule has 0 aliphatic heterocycles. The van der Waals surface area contributed by atoms with Gasteiger partial charge in [-0.15, -0.1) is 0 Å². The molecule has 1 unspecified atom stereocenters. The van der Waals surface area contributed by atoms with Crippen LogP contribution in [0.2, 0.25) is 5.02 Å². The van der Waals surface area contributed by atoms with E-state index in [9.17, 15) is 14.7 Å². The van der Waals surface area contributed by atoms with Crippen LogP contribution in [0.5, 0.6) is 5.88 Å². The van der Waals surface area contributed by atoms with Crippen molar-refractivity contribution in [3.63, 3.8) is 0 Å². The average Bonchev–Trinajstić information content (AvgIpc) is 2.73. The molecule has 0 spiro atoms. The van der Waals surface area contributed by atoms with Gasteiger partial charge in [0, 0.05) is 24.5 Å². The smallest absolute Gasteiger partial charge is 0.306 e. The molecular formula is C20H15ClN4O4. The highest BCUT2D eigenvalue weighted by molar-refractivity contribution is 6.30. The maximum Gasteiger partial charge on any atom is 0.306 e. The van der Waals surface area contributed by atoms with Crippen molar-refractivity contribution >= 4 is 34.3 Å². The standard InChI is InChI=1S/C20H15ClN4O4/c1-29-16(26)9-13(12-3-2-4-14-18(12)23-8-7-22-14)17-19(27)24-15-6-5-11(21)10-25(15)20(17)28/h2-8,10,13,27H,9H2,1H3. The molecular weight excluding hydrogens is 396 g/mol. The lowest BCUT2D eigenvalue weighted by Gasteiger charge is -2.18. The van der Waals surface area contributed by atoms with Gasteiger partial charge in [0.1, 0.15) is 5.65 Å². The zero-order chi connectivity index (χ0) is 20.5. The number of nitrogens with zero attached hydrogens (tertiary/aromatic N) is 4. The second-order valence-corrected chi connectivity index (χ2v) is 6.77. The number of aromatic nitrogens is 4. The Kier molecular flexibility index (Phi) is 4.85. The third-order valence-corrected chi connectivity index (χ3v) is 4.88. The van der Waals surface area contributed by atoms with Crippen molar-refractivity contribution in [2.45, 2.75) is 12.3 Å². The van der Waals surface area contributed by atoms with Gasteiger partial charge in [-0.3, -0.25) is 24.0 Å². The van der Waals surface area contributed by atoms with Gasteiger partial charge in [0.2, 0.25) is 5.88 Å². The second-order valence-electron chi connectivity index (χ2n) is 6.33. The summed E-state index contributed by atoms with van der Waals surface area (Å²) in [4.78, 5) is 38.1. The van der Waals surface area contributed by atoms with E-state index < -0.39 is 23.3 Å². The highest BCUT2D eigenvalue weighted by Crippen LogP contribution is 2.34. The van der Waals surface area contributed by atoms with Crippen molar-refractivity contribution in [1.82, 2.24) is 19.4 Å². The molecule has 0 aliphatic rings. The van der Waals surface area contributed by atoms with Crippen LogP contribution in [0.25, 0.3) is 16.7 Å². The number of hydrogen-bond donors (Lipinski definition) is 1. The molecule has 3 heterocycles. The molecule has 0 bridgehead atoms. The second kappa shape index (κ2) is 7.48. The summed E-state index contributed by atoms with van der Waals surface area (Å²) in [5.41, 5.74) is 1.31. The summed E-state index contributed by atoms with van der Waals surface area (Å²) in [6, 6.07) is 8.33. The van der Waals surface area contributed by atoms with Gasteiger partial charge in [-0.1, -0.05) is 23.7 Å². The summed E-state index contributed by atoms with van der Waals surface area (Å²) >= 11 is 6.02. The number of rotatable bonds is 4. The van der Waals surface area contributed by atoms with Crippen molar-refractivity contribution in [1.29, 1.82) is 0 Å². The van der Waals surface area contributed by atoms with Crippen molar-refractivity contribution in [2.24, 2.45) is 0 Å². The minimum absolute atomic E-state index is 0.0479. The first-order chi connectivity index (χ1) is 14.0. The number of aromatic hydroxyl groups is 1. The Labute approximate surface area is 169 Å². The molecule has 0 saturated carbocycles. The largest absolute Gasteiger partial charge is 0.493 e. The first-order valence-corrected chi connectivity index (χ1v) is 9.04. The maximum absolute atomic E-state index is 13.2. The summed E-state index contributed by atoms with van der Waals surface area (Å²) in [5.74, 6) is -1.86. The number of para-hydroxylation sites is 1. The number of pyridine rings is 1. The summed E-state index contributed by atoms with van der Waals surface area (Å²) in [6.45, 7) is 0. The van der Waals surface area contributed by atoms with Gasteiger partial charge in [-0.25, -0.2) is 0 Å². The topological polar surface area (TPSA) is 107 Å². The van der Waals surface area contributed by atoms with E-state index in [1.807, 2.05) is 0 Å². The molecule has 0 amide bonds. The molecule has 4 aromatic rings. The molecule has 0 fully saturated rings. The molecule has 0 radical (unpaired) electrons. The monoisotopic (exact) mass is 410 g/mol. The van der Waals surface area contributed by atoms with E-state index in [1.165, 1.54) is 30.0 Å².